The maximum Gasteiger partial charge on any atom is 0.316 e. The van der Waals surface area contributed by atoms with E-state index in [0.717, 1.165) is 23.8 Å². The van der Waals surface area contributed by atoms with Crippen LogP contribution in [0.25, 0.3) is 0 Å². The zero-order valence-electron chi connectivity index (χ0n) is 10.5. The van der Waals surface area contributed by atoms with Crippen molar-refractivity contribution in [3.05, 3.63) is 5.82 Å². The summed E-state index contributed by atoms with van der Waals surface area (Å²) in [5, 5.41) is 6.71. The molecule has 1 aromatic heterocycles. The van der Waals surface area contributed by atoms with E-state index in [0.29, 0.717) is 13.1 Å². The Kier molecular flexibility index (Phi) is 5.68. The lowest BCUT2D eigenvalue weighted by Gasteiger charge is -2.11. The molecule has 6 nitrogen and oxygen atoms in total. The standard InChI is InChI=1S/C10H19N5OS/c1-4-5-8-13-9(17-14-8)11-6-7-12-10(16)15(2)3/h4-7H2,1-3H3,(H,12,16)(H,11,13,14). The second kappa shape index (κ2) is 7.05. The summed E-state index contributed by atoms with van der Waals surface area (Å²) in [5.41, 5.74) is 0. The molecule has 0 radical (unpaired) electrons. The van der Waals surface area contributed by atoms with Crippen molar-refractivity contribution in [3.8, 4) is 0 Å². The van der Waals surface area contributed by atoms with Crippen LogP contribution in [0.2, 0.25) is 0 Å². The number of nitrogens with zero attached hydrogens (tertiary/aromatic N) is 3. The fraction of sp³-hybridized carbons (Fsp3) is 0.700. The van der Waals surface area contributed by atoms with Crippen molar-refractivity contribution in [1.82, 2.24) is 19.6 Å². The van der Waals surface area contributed by atoms with Crippen LogP contribution in [-0.2, 0) is 6.42 Å². The van der Waals surface area contributed by atoms with Crippen LogP contribution in [-0.4, -0.2) is 47.5 Å². The van der Waals surface area contributed by atoms with Crippen LogP contribution in [0.3, 0.4) is 0 Å². The molecule has 0 aliphatic rings. The quantitative estimate of drug-likeness (QED) is 0.751. The lowest BCUT2D eigenvalue weighted by atomic mass is 10.3. The van der Waals surface area contributed by atoms with Gasteiger partial charge < -0.3 is 15.5 Å². The van der Waals surface area contributed by atoms with Gasteiger partial charge in [-0.25, -0.2) is 9.78 Å². The molecule has 0 aliphatic carbocycles. The minimum atomic E-state index is -0.0873. The third-order valence-corrected chi connectivity index (χ3v) is 2.74. The normalized spacial score (nSPS) is 10.1. The number of anilines is 1. The third-order valence-electron chi connectivity index (χ3n) is 2.03. The Bertz CT molecular complexity index is 352. The molecule has 17 heavy (non-hydrogen) atoms. The van der Waals surface area contributed by atoms with Gasteiger partial charge in [0.25, 0.3) is 0 Å². The third kappa shape index (κ3) is 4.99. The van der Waals surface area contributed by atoms with Gasteiger partial charge in [0.2, 0.25) is 5.13 Å². The van der Waals surface area contributed by atoms with E-state index in [4.69, 9.17) is 0 Å². The Hall–Kier alpha value is -1.37. The van der Waals surface area contributed by atoms with Gasteiger partial charge >= 0.3 is 6.03 Å². The number of aryl methyl sites for hydroxylation is 1. The molecule has 0 unspecified atom stereocenters. The number of hydrogen-bond donors (Lipinski definition) is 2. The first-order valence-electron chi connectivity index (χ1n) is 5.65. The van der Waals surface area contributed by atoms with Gasteiger partial charge in [0, 0.05) is 45.1 Å². The maximum absolute atomic E-state index is 11.2. The molecule has 0 saturated carbocycles. The first-order chi connectivity index (χ1) is 8.13. The first kappa shape index (κ1) is 13.7. The van der Waals surface area contributed by atoms with Crippen LogP contribution in [0, 0.1) is 0 Å². The predicted octanol–water partition coefficient (Wildman–Crippen LogP) is 1.17. The van der Waals surface area contributed by atoms with E-state index in [2.05, 4.69) is 26.9 Å². The van der Waals surface area contributed by atoms with Gasteiger partial charge in [-0.3, -0.25) is 0 Å². The Morgan fingerprint density at radius 2 is 2.18 bits per heavy atom. The Morgan fingerprint density at radius 1 is 1.41 bits per heavy atom. The number of rotatable bonds is 6. The molecule has 0 fully saturated rings. The maximum atomic E-state index is 11.2. The fourth-order valence-electron chi connectivity index (χ4n) is 1.15. The van der Waals surface area contributed by atoms with E-state index in [-0.39, 0.29) is 6.03 Å². The van der Waals surface area contributed by atoms with E-state index in [9.17, 15) is 4.79 Å². The summed E-state index contributed by atoms with van der Waals surface area (Å²) >= 11 is 1.36. The second-order valence-corrected chi connectivity index (χ2v) is 4.57. The highest BCUT2D eigenvalue weighted by atomic mass is 32.1. The topological polar surface area (TPSA) is 70.2 Å². The van der Waals surface area contributed by atoms with Crippen LogP contribution in [0.5, 0.6) is 0 Å². The minimum absolute atomic E-state index is 0.0873. The average molecular weight is 257 g/mol. The van der Waals surface area contributed by atoms with E-state index >= 15 is 0 Å². The fourth-order valence-corrected chi connectivity index (χ4v) is 1.78. The lowest BCUT2D eigenvalue weighted by Crippen LogP contribution is -2.37. The van der Waals surface area contributed by atoms with Crippen molar-refractivity contribution in [2.24, 2.45) is 0 Å². The Morgan fingerprint density at radius 3 is 2.82 bits per heavy atom. The summed E-state index contributed by atoms with van der Waals surface area (Å²) < 4.78 is 4.22. The first-order valence-corrected chi connectivity index (χ1v) is 6.42. The number of urea groups is 1. The molecule has 0 saturated heterocycles. The number of hydrogen-bond acceptors (Lipinski definition) is 5. The summed E-state index contributed by atoms with van der Waals surface area (Å²) in [4.78, 5) is 17.0. The monoisotopic (exact) mass is 257 g/mol. The molecule has 96 valence electrons. The predicted molar refractivity (Wildman–Crippen MR) is 69.5 cm³/mol. The van der Waals surface area contributed by atoms with Crippen LogP contribution in [0.4, 0.5) is 9.93 Å². The average Bonchev–Trinajstić information content (AvgIpc) is 2.72. The van der Waals surface area contributed by atoms with Crippen molar-refractivity contribution < 1.29 is 4.79 Å². The summed E-state index contributed by atoms with van der Waals surface area (Å²) in [5.74, 6) is 0.886. The van der Waals surface area contributed by atoms with E-state index < -0.39 is 0 Å². The van der Waals surface area contributed by atoms with E-state index in [1.807, 2.05) is 0 Å². The molecule has 1 heterocycles. The minimum Gasteiger partial charge on any atom is -0.359 e. The van der Waals surface area contributed by atoms with Gasteiger partial charge in [0.1, 0.15) is 5.82 Å². The highest BCUT2D eigenvalue weighted by Gasteiger charge is 2.03. The van der Waals surface area contributed by atoms with E-state index in [1.165, 1.54) is 16.4 Å². The lowest BCUT2D eigenvalue weighted by molar-refractivity contribution is 0.218. The zero-order valence-corrected chi connectivity index (χ0v) is 11.3. The molecule has 0 atom stereocenters. The molecule has 1 aromatic rings. The van der Waals surface area contributed by atoms with E-state index in [1.54, 1.807) is 14.1 Å². The summed E-state index contributed by atoms with van der Waals surface area (Å²) in [6.07, 6.45) is 1.96. The second-order valence-electron chi connectivity index (χ2n) is 3.82. The highest BCUT2D eigenvalue weighted by Crippen LogP contribution is 2.11. The van der Waals surface area contributed by atoms with Gasteiger partial charge in [-0.2, -0.15) is 4.37 Å². The molecule has 1 rings (SSSR count). The van der Waals surface area contributed by atoms with Gasteiger partial charge in [0.05, 0.1) is 0 Å². The molecular formula is C10H19N5OS. The van der Waals surface area contributed by atoms with Crippen LogP contribution in [0.15, 0.2) is 0 Å². The molecule has 2 amide bonds. The summed E-state index contributed by atoms with van der Waals surface area (Å²) in [6, 6.07) is -0.0873. The van der Waals surface area contributed by atoms with Crippen LogP contribution in [0.1, 0.15) is 19.2 Å². The molecule has 0 spiro atoms. The van der Waals surface area contributed by atoms with Crippen molar-refractivity contribution >= 4 is 22.7 Å². The number of carbonyl (C=O) groups is 1. The molecule has 0 bridgehead atoms. The number of nitrogens with one attached hydrogen (secondary N) is 2. The SMILES string of the molecule is CCCc1nsc(NCCNC(=O)N(C)C)n1. The summed E-state index contributed by atoms with van der Waals surface area (Å²) in [7, 11) is 3.43. The highest BCUT2D eigenvalue weighted by molar-refractivity contribution is 7.09. The van der Waals surface area contributed by atoms with Gasteiger partial charge in [0.15, 0.2) is 0 Å². The van der Waals surface area contributed by atoms with Crippen molar-refractivity contribution in [3.63, 3.8) is 0 Å². The molecule has 0 aliphatic heterocycles. The van der Waals surface area contributed by atoms with Crippen LogP contribution < -0.4 is 10.6 Å². The molecule has 7 heteroatoms. The van der Waals surface area contributed by atoms with Crippen molar-refractivity contribution in [2.45, 2.75) is 19.8 Å². The molecule has 0 aromatic carbocycles. The number of amides is 2. The van der Waals surface area contributed by atoms with Crippen LogP contribution >= 0.6 is 11.5 Å². The molecule has 2 N–H and O–H groups in total. The smallest absolute Gasteiger partial charge is 0.316 e. The van der Waals surface area contributed by atoms with Gasteiger partial charge in [-0.05, 0) is 6.42 Å². The Labute approximate surface area is 106 Å². The van der Waals surface area contributed by atoms with Crippen molar-refractivity contribution in [2.75, 3.05) is 32.5 Å². The zero-order chi connectivity index (χ0) is 12.7. The Balaban J connectivity index is 2.19. The van der Waals surface area contributed by atoms with Gasteiger partial charge in [-0.15, -0.1) is 0 Å². The molecular weight excluding hydrogens is 238 g/mol. The summed E-state index contributed by atoms with van der Waals surface area (Å²) in [6.45, 7) is 3.32. The van der Waals surface area contributed by atoms with Gasteiger partial charge in [-0.1, -0.05) is 6.92 Å². The largest absolute Gasteiger partial charge is 0.359 e. The number of aromatic nitrogens is 2. The number of carbonyl (C=O) groups excluding carboxylic acids is 1. The van der Waals surface area contributed by atoms with Crippen molar-refractivity contribution in [1.29, 1.82) is 0 Å².